The van der Waals surface area contributed by atoms with Crippen LogP contribution in [0.15, 0.2) is 18.2 Å². The number of hydrogen-bond acceptors (Lipinski definition) is 3. The van der Waals surface area contributed by atoms with Crippen LogP contribution in [-0.4, -0.2) is 61.3 Å². The summed E-state index contributed by atoms with van der Waals surface area (Å²) in [6.07, 6.45) is 2.76. The fourth-order valence-corrected chi connectivity index (χ4v) is 3.66. The molecule has 3 rings (SSSR count). The number of hydrogen-bond donors (Lipinski definition) is 0. The summed E-state index contributed by atoms with van der Waals surface area (Å²) < 4.78 is 32.4. The van der Waals surface area contributed by atoms with Crippen molar-refractivity contribution in [3.63, 3.8) is 0 Å². The molecule has 1 aromatic carbocycles. The average molecular weight is 324 g/mol. The zero-order valence-electron chi connectivity index (χ0n) is 13.9. The highest BCUT2D eigenvalue weighted by molar-refractivity contribution is 5.19. The Bertz CT molecular complexity index is 524. The average Bonchev–Trinajstić information content (AvgIpc) is 2.57. The molecule has 3 nitrogen and oxygen atoms in total. The molecular weight excluding hydrogens is 298 g/mol. The number of benzene rings is 1. The molecule has 0 bridgehead atoms. The van der Waals surface area contributed by atoms with Gasteiger partial charge in [0.25, 0.3) is 0 Å². The minimum absolute atomic E-state index is 0.263. The smallest absolute Gasteiger partial charge is 0.162 e. The molecule has 0 saturated carbocycles. The lowest BCUT2D eigenvalue weighted by Gasteiger charge is -2.47. The van der Waals surface area contributed by atoms with E-state index in [2.05, 4.69) is 16.7 Å². The lowest BCUT2D eigenvalue weighted by molar-refractivity contribution is -0.0375. The van der Waals surface area contributed by atoms with Gasteiger partial charge in [-0.05, 0) is 37.8 Å². The van der Waals surface area contributed by atoms with Gasteiger partial charge in [0.1, 0.15) is 0 Å². The van der Waals surface area contributed by atoms with Gasteiger partial charge in [-0.15, -0.1) is 0 Å². The summed E-state index contributed by atoms with van der Waals surface area (Å²) >= 11 is 0. The van der Waals surface area contributed by atoms with E-state index in [0.29, 0.717) is 12.0 Å². The maximum atomic E-state index is 13.7. The van der Waals surface area contributed by atoms with E-state index in [1.807, 2.05) is 0 Å². The van der Waals surface area contributed by atoms with Crippen LogP contribution < -0.4 is 0 Å². The van der Waals surface area contributed by atoms with Gasteiger partial charge in [-0.1, -0.05) is 12.1 Å². The summed E-state index contributed by atoms with van der Waals surface area (Å²) in [6, 6.07) is 4.43. The molecule has 0 unspecified atom stereocenters. The Hall–Kier alpha value is -1.04. The molecule has 2 aliphatic heterocycles. The molecule has 2 fully saturated rings. The van der Waals surface area contributed by atoms with Gasteiger partial charge in [0.2, 0.25) is 0 Å². The first kappa shape index (κ1) is 16.8. The number of ether oxygens (including phenoxy) is 1. The Balaban J connectivity index is 1.48. The SMILES string of the molecule is CC1(N2CCN(CCc3cccc(F)c3F)CC2)CCOCC1. The monoisotopic (exact) mass is 324 g/mol. The van der Waals surface area contributed by atoms with Crippen LogP contribution in [0.1, 0.15) is 25.3 Å². The van der Waals surface area contributed by atoms with E-state index < -0.39 is 11.6 Å². The third-order valence-corrected chi connectivity index (χ3v) is 5.43. The van der Waals surface area contributed by atoms with Crippen molar-refractivity contribution < 1.29 is 13.5 Å². The van der Waals surface area contributed by atoms with Crippen LogP contribution in [0.4, 0.5) is 8.78 Å². The number of rotatable bonds is 4. The van der Waals surface area contributed by atoms with E-state index in [4.69, 9.17) is 4.74 Å². The van der Waals surface area contributed by atoms with Crippen LogP contribution in [0.2, 0.25) is 0 Å². The predicted molar refractivity (Wildman–Crippen MR) is 86.5 cm³/mol. The van der Waals surface area contributed by atoms with Gasteiger partial charge >= 0.3 is 0 Å². The largest absolute Gasteiger partial charge is 0.381 e. The van der Waals surface area contributed by atoms with Crippen molar-refractivity contribution >= 4 is 0 Å². The van der Waals surface area contributed by atoms with Crippen molar-refractivity contribution in [2.75, 3.05) is 45.9 Å². The first-order chi connectivity index (χ1) is 11.1. The second-order valence-electron chi connectivity index (χ2n) is 6.90. The van der Waals surface area contributed by atoms with Gasteiger partial charge in [0.05, 0.1) is 0 Å². The van der Waals surface area contributed by atoms with Crippen molar-refractivity contribution in [3.05, 3.63) is 35.4 Å². The minimum Gasteiger partial charge on any atom is -0.381 e. The molecule has 2 heterocycles. The van der Waals surface area contributed by atoms with Crippen molar-refractivity contribution in [1.82, 2.24) is 9.80 Å². The molecule has 0 radical (unpaired) electrons. The Morgan fingerprint density at radius 1 is 1.09 bits per heavy atom. The fraction of sp³-hybridized carbons (Fsp3) is 0.667. The molecule has 128 valence electrons. The van der Waals surface area contributed by atoms with E-state index in [0.717, 1.165) is 58.8 Å². The van der Waals surface area contributed by atoms with Crippen LogP contribution in [0, 0.1) is 11.6 Å². The second kappa shape index (κ2) is 7.24. The van der Waals surface area contributed by atoms with Crippen molar-refractivity contribution in [1.29, 1.82) is 0 Å². The molecule has 0 amide bonds. The minimum atomic E-state index is -0.750. The zero-order chi connectivity index (χ0) is 16.3. The number of halogens is 2. The maximum Gasteiger partial charge on any atom is 0.162 e. The quantitative estimate of drug-likeness (QED) is 0.847. The summed E-state index contributed by atoms with van der Waals surface area (Å²) in [7, 11) is 0. The Labute approximate surface area is 137 Å². The highest BCUT2D eigenvalue weighted by Gasteiger charge is 2.35. The Kier molecular flexibility index (Phi) is 5.29. The third kappa shape index (κ3) is 3.90. The molecule has 0 N–H and O–H groups in total. The highest BCUT2D eigenvalue weighted by atomic mass is 19.2. The van der Waals surface area contributed by atoms with Crippen molar-refractivity contribution in [2.24, 2.45) is 0 Å². The summed E-state index contributed by atoms with van der Waals surface area (Å²) in [6.45, 7) is 8.91. The van der Waals surface area contributed by atoms with Gasteiger partial charge in [0, 0.05) is 51.5 Å². The summed E-state index contributed by atoms with van der Waals surface area (Å²) in [5, 5.41) is 0. The Morgan fingerprint density at radius 3 is 2.48 bits per heavy atom. The van der Waals surface area contributed by atoms with Gasteiger partial charge < -0.3 is 9.64 Å². The van der Waals surface area contributed by atoms with Crippen LogP contribution in [-0.2, 0) is 11.2 Å². The standard InChI is InChI=1S/C18H26F2N2O/c1-18(6-13-23-14-7-18)22-11-9-21(10-12-22)8-5-15-3-2-4-16(19)17(15)20/h2-4H,5-14H2,1H3. The molecule has 0 aliphatic carbocycles. The lowest BCUT2D eigenvalue weighted by Crippen LogP contribution is -2.57. The molecule has 1 aromatic rings. The highest BCUT2D eigenvalue weighted by Crippen LogP contribution is 2.28. The molecule has 2 saturated heterocycles. The molecule has 0 spiro atoms. The molecule has 2 aliphatic rings. The van der Waals surface area contributed by atoms with Crippen molar-refractivity contribution in [3.8, 4) is 0 Å². The normalized spacial score (nSPS) is 23.1. The molecular formula is C18H26F2N2O. The number of piperazine rings is 1. The van der Waals surface area contributed by atoms with Gasteiger partial charge in [-0.25, -0.2) is 8.78 Å². The van der Waals surface area contributed by atoms with Gasteiger partial charge in [0.15, 0.2) is 11.6 Å². The third-order valence-electron chi connectivity index (χ3n) is 5.43. The summed E-state index contributed by atoms with van der Waals surface area (Å²) in [5.74, 6) is -1.44. The van der Waals surface area contributed by atoms with E-state index in [-0.39, 0.29) is 5.54 Å². The molecule has 0 atom stereocenters. The second-order valence-corrected chi connectivity index (χ2v) is 6.90. The predicted octanol–water partition coefficient (Wildman–Crippen LogP) is 2.69. The summed E-state index contributed by atoms with van der Waals surface area (Å²) in [5.41, 5.74) is 0.739. The van der Waals surface area contributed by atoms with E-state index in [9.17, 15) is 8.78 Å². The number of nitrogens with zero attached hydrogens (tertiary/aromatic N) is 2. The summed E-state index contributed by atoms with van der Waals surface area (Å²) in [4.78, 5) is 4.93. The van der Waals surface area contributed by atoms with Gasteiger partial charge in [-0.3, -0.25) is 4.90 Å². The maximum absolute atomic E-state index is 13.7. The fourth-order valence-electron chi connectivity index (χ4n) is 3.66. The van der Waals surface area contributed by atoms with E-state index in [1.165, 1.54) is 6.07 Å². The lowest BCUT2D eigenvalue weighted by atomic mass is 9.89. The van der Waals surface area contributed by atoms with Gasteiger partial charge in [-0.2, -0.15) is 0 Å². The first-order valence-corrected chi connectivity index (χ1v) is 8.56. The van der Waals surface area contributed by atoms with Crippen LogP contribution in [0.3, 0.4) is 0 Å². The van der Waals surface area contributed by atoms with Crippen LogP contribution in [0.5, 0.6) is 0 Å². The van der Waals surface area contributed by atoms with E-state index in [1.54, 1.807) is 12.1 Å². The molecule has 5 heteroatoms. The van der Waals surface area contributed by atoms with Crippen LogP contribution >= 0.6 is 0 Å². The first-order valence-electron chi connectivity index (χ1n) is 8.56. The molecule has 23 heavy (non-hydrogen) atoms. The molecule has 0 aromatic heterocycles. The zero-order valence-corrected chi connectivity index (χ0v) is 13.9. The van der Waals surface area contributed by atoms with Crippen LogP contribution in [0.25, 0.3) is 0 Å². The van der Waals surface area contributed by atoms with E-state index >= 15 is 0 Å². The Morgan fingerprint density at radius 2 is 1.78 bits per heavy atom. The topological polar surface area (TPSA) is 15.7 Å². The van der Waals surface area contributed by atoms with Crippen molar-refractivity contribution in [2.45, 2.75) is 31.7 Å².